The minimum atomic E-state index is -4.65. The smallest absolute Gasteiger partial charge is 0.406 e. The lowest BCUT2D eigenvalue weighted by molar-refractivity contribution is -0.274. The van der Waals surface area contributed by atoms with Gasteiger partial charge < -0.3 is 10.1 Å². The number of alkyl halides is 3. The van der Waals surface area contributed by atoms with Crippen LogP contribution < -0.4 is 10.1 Å². The molecule has 0 saturated heterocycles. The Hall–Kier alpha value is -2.17. The van der Waals surface area contributed by atoms with E-state index in [0.717, 1.165) is 18.5 Å². The molecule has 0 heterocycles. The highest BCUT2D eigenvalue weighted by Crippen LogP contribution is 2.34. The highest BCUT2D eigenvalue weighted by Gasteiger charge is 2.31. The van der Waals surface area contributed by atoms with E-state index in [1.165, 1.54) is 23.3 Å². The van der Waals surface area contributed by atoms with E-state index >= 15 is 0 Å². The van der Waals surface area contributed by atoms with Crippen molar-refractivity contribution < 1.29 is 17.9 Å². The SMILES string of the molecule is FC(F)(F)Oc1ccc(NC2CCc3ccccc32)cc1. The second-order valence-corrected chi connectivity index (χ2v) is 5.01. The average Bonchev–Trinajstić information content (AvgIpc) is 2.83. The molecular weight excluding hydrogens is 279 g/mol. The third-order valence-corrected chi connectivity index (χ3v) is 3.56. The molecule has 1 unspecified atom stereocenters. The summed E-state index contributed by atoms with van der Waals surface area (Å²) in [4.78, 5) is 0. The first-order valence-corrected chi connectivity index (χ1v) is 6.71. The van der Waals surface area contributed by atoms with E-state index in [1.807, 2.05) is 12.1 Å². The lowest BCUT2D eigenvalue weighted by Crippen LogP contribution is -2.17. The fraction of sp³-hybridized carbons (Fsp3) is 0.250. The van der Waals surface area contributed by atoms with Gasteiger partial charge in [-0.05, 0) is 48.2 Å². The Kier molecular flexibility index (Phi) is 3.49. The standard InChI is InChI=1S/C16H14F3NO/c17-16(18,19)21-13-8-6-12(7-9-13)20-15-10-5-11-3-1-2-4-14(11)15/h1-4,6-9,15,20H,5,10H2. The molecule has 2 nitrogen and oxygen atoms in total. The molecule has 2 aromatic rings. The minimum Gasteiger partial charge on any atom is -0.406 e. The lowest BCUT2D eigenvalue weighted by atomic mass is 10.1. The number of rotatable bonds is 3. The van der Waals surface area contributed by atoms with Gasteiger partial charge in [0, 0.05) is 5.69 Å². The van der Waals surface area contributed by atoms with Gasteiger partial charge in [-0.25, -0.2) is 0 Å². The second-order valence-electron chi connectivity index (χ2n) is 5.01. The van der Waals surface area contributed by atoms with Crippen molar-refractivity contribution in [2.24, 2.45) is 0 Å². The number of ether oxygens (including phenoxy) is 1. The highest BCUT2D eigenvalue weighted by atomic mass is 19.4. The van der Waals surface area contributed by atoms with Gasteiger partial charge >= 0.3 is 6.36 Å². The number of nitrogens with one attached hydrogen (secondary N) is 1. The van der Waals surface area contributed by atoms with E-state index in [2.05, 4.69) is 22.2 Å². The van der Waals surface area contributed by atoms with Crippen molar-refractivity contribution >= 4 is 5.69 Å². The molecule has 0 aromatic heterocycles. The predicted molar refractivity (Wildman–Crippen MR) is 74.3 cm³/mol. The zero-order valence-corrected chi connectivity index (χ0v) is 11.2. The fourth-order valence-electron chi connectivity index (χ4n) is 2.66. The molecule has 1 aliphatic rings. The number of hydrogen-bond acceptors (Lipinski definition) is 2. The number of aryl methyl sites for hydroxylation is 1. The van der Waals surface area contributed by atoms with Gasteiger partial charge in [0.25, 0.3) is 0 Å². The predicted octanol–water partition coefficient (Wildman–Crippen LogP) is 4.68. The van der Waals surface area contributed by atoms with E-state index in [0.29, 0.717) is 0 Å². The molecule has 0 radical (unpaired) electrons. The Labute approximate surface area is 120 Å². The lowest BCUT2D eigenvalue weighted by Gasteiger charge is -2.16. The van der Waals surface area contributed by atoms with E-state index in [4.69, 9.17) is 0 Å². The maximum Gasteiger partial charge on any atom is 0.573 e. The van der Waals surface area contributed by atoms with Crippen molar-refractivity contribution in [3.63, 3.8) is 0 Å². The molecule has 0 bridgehead atoms. The van der Waals surface area contributed by atoms with Gasteiger partial charge in [0.2, 0.25) is 0 Å². The van der Waals surface area contributed by atoms with Crippen molar-refractivity contribution in [1.82, 2.24) is 0 Å². The Morgan fingerprint density at radius 3 is 2.43 bits per heavy atom. The van der Waals surface area contributed by atoms with Crippen LogP contribution in [0.25, 0.3) is 0 Å². The third-order valence-electron chi connectivity index (χ3n) is 3.56. The van der Waals surface area contributed by atoms with Crippen LogP contribution in [-0.4, -0.2) is 6.36 Å². The summed E-state index contributed by atoms with van der Waals surface area (Å²) in [5, 5.41) is 3.35. The molecule has 0 amide bonds. The molecule has 0 fully saturated rings. The first-order chi connectivity index (χ1) is 10.0. The molecule has 0 saturated carbocycles. The first-order valence-electron chi connectivity index (χ1n) is 6.71. The molecule has 5 heteroatoms. The zero-order chi connectivity index (χ0) is 14.9. The van der Waals surface area contributed by atoms with Gasteiger partial charge in [-0.15, -0.1) is 13.2 Å². The van der Waals surface area contributed by atoms with Crippen LogP contribution in [0.5, 0.6) is 5.75 Å². The van der Waals surface area contributed by atoms with E-state index < -0.39 is 6.36 Å². The molecule has 0 aliphatic heterocycles. The topological polar surface area (TPSA) is 21.3 Å². The first kappa shape index (κ1) is 13.8. The number of hydrogen-bond donors (Lipinski definition) is 1. The Morgan fingerprint density at radius 2 is 1.71 bits per heavy atom. The molecular formula is C16H14F3NO. The molecule has 1 N–H and O–H groups in total. The maximum absolute atomic E-state index is 12.1. The number of halogens is 3. The summed E-state index contributed by atoms with van der Waals surface area (Å²) in [6.07, 6.45) is -2.65. The largest absolute Gasteiger partial charge is 0.573 e. The molecule has 21 heavy (non-hydrogen) atoms. The fourth-order valence-corrected chi connectivity index (χ4v) is 2.66. The summed E-state index contributed by atoms with van der Waals surface area (Å²) in [6.45, 7) is 0. The van der Waals surface area contributed by atoms with Crippen LogP contribution in [0.1, 0.15) is 23.6 Å². The molecule has 110 valence electrons. The molecule has 0 spiro atoms. The summed E-state index contributed by atoms with van der Waals surface area (Å²) >= 11 is 0. The number of anilines is 1. The summed E-state index contributed by atoms with van der Waals surface area (Å²) in [5.41, 5.74) is 3.37. The number of benzene rings is 2. The van der Waals surface area contributed by atoms with Crippen molar-refractivity contribution in [1.29, 1.82) is 0 Å². The van der Waals surface area contributed by atoms with Crippen LogP contribution in [0, 0.1) is 0 Å². The minimum absolute atomic E-state index is 0.204. The van der Waals surface area contributed by atoms with Crippen molar-refractivity contribution in [3.8, 4) is 5.75 Å². The van der Waals surface area contributed by atoms with Crippen LogP contribution in [0.4, 0.5) is 18.9 Å². The van der Waals surface area contributed by atoms with Gasteiger partial charge in [0.1, 0.15) is 5.75 Å². The summed E-state index contributed by atoms with van der Waals surface area (Å²) < 4.78 is 40.1. The van der Waals surface area contributed by atoms with Crippen LogP contribution in [-0.2, 0) is 6.42 Å². The average molecular weight is 293 g/mol. The van der Waals surface area contributed by atoms with Crippen LogP contribution in [0.2, 0.25) is 0 Å². The molecule has 1 atom stereocenters. The second kappa shape index (κ2) is 5.31. The van der Waals surface area contributed by atoms with Gasteiger partial charge in [0.15, 0.2) is 0 Å². The van der Waals surface area contributed by atoms with Gasteiger partial charge in [-0.2, -0.15) is 0 Å². The van der Waals surface area contributed by atoms with E-state index in [1.54, 1.807) is 12.1 Å². The van der Waals surface area contributed by atoms with E-state index in [9.17, 15) is 13.2 Å². The quantitative estimate of drug-likeness (QED) is 0.886. The highest BCUT2D eigenvalue weighted by molar-refractivity contribution is 5.50. The Morgan fingerprint density at radius 1 is 1.00 bits per heavy atom. The van der Waals surface area contributed by atoms with Crippen LogP contribution in [0.3, 0.4) is 0 Å². The van der Waals surface area contributed by atoms with Crippen molar-refractivity contribution in [2.45, 2.75) is 25.2 Å². The monoisotopic (exact) mass is 293 g/mol. The third kappa shape index (κ3) is 3.29. The Bertz CT molecular complexity index is 622. The van der Waals surface area contributed by atoms with Crippen molar-refractivity contribution in [2.75, 3.05) is 5.32 Å². The zero-order valence-electron chi connectivity index (χ0n) is 11.2. The van der Waals surface area contributed by atoms with Crippen LogP contribution >= 0.6 is 0 Å². The summed E-state index contributed by atoms with van der Waals surface area (Å²) in [7, 11) is 0. The molecule has 3 rings (SSSR count). The normalized spacial score (nSPS) is 17.4. The van der Waals surface area contributed by atoms with Crippen LogP contribution in [0.15, 0.2) is 48.5 Å². The van der Waals surface area contributed by atoms with Crippen molar-refractivity contribution in [3.05, 3.63) is 59.7 Å². The summed E-state index contributed by atoms with van der Waals surface area (Å²) in [5.74, 6) is -0.208. The van der Waals surface area contributed by atoms with Gasteiger partial charge in [-0.3, -0.25) is 0 Å². The number of fused-ring (bicyclic) bond motifs is 1. The van der Waals surface area contributed by atoms with Gasteiger partial charge in [-0.1, -0.05) is 24.3 Å². The summed E-state index contributed by atoms with van der Waals surface area (Å²) in [6, 6.07) is 14.2. The van der Waals surface area contributed by atoms with Gasteiger partial charge in [0.05, 0.1) is 6.04 Å². The van der Waals surface area contributed by atoms with E-state index in [-0.39, 0.29) is 11.8 Å². The molecule has 1 aliphatic carbocycles. The Balaban J connectivity index is 1.69. The maximum atomic E-state index is 12.1. The molecule has 2 aromatic carbocycles.